The van der Waals surface area contributed by atoms with E-state index in [0.29, 0.717) is 49.0 Å². The van der Waals surface area contributed by atoms with Crippen molar-refractivity contribution in [2.24, 2.45) is 0 Å². The van der Waals surface area contributed by atoms with Crippen LogP contribution in [0.15, 0.2) is 48.7 Å². The number of halogens is 3. The number of amides is 1. The summed E-state index contributed by atoms with van der Waals surface area (Å²) in [5, 5.41) is 7.18. The average Bonchev–Trinajstić information content (AvgIpc) is 3.39. The van der Waals surface area contributed by atoms with Crippen molar-refractivity contribution in [1.82, 2.24) is 19.6 Å². The van der Waals surface area contributed by atoms with Crippen LogP contribution in [0.5, 0.6) is 17.2 Å². The number of carbonyl (C=O) groups is 1. The van der Waals surface area contributed by atoms with Crippen molar-refractivity contribution >= 4 is 11.7 Å². The fourth-order valence-corrected chi connectivity index (χ4v) is 5.36. The summed E-state index contributed by atoms with van der Waals surface area (Å²) in [6.45, 7) is 3.04. The van der Waals surface area contributed by atoms with Gasteiger partial charge in [0.05, 0.1) is 33.6 Å². The molecule has 1 saturated heterocycles. The van der Waals surface area contributed by atoms with Crippen molar-refractivity contribution in [2.45, 2.75) is 31.2 Å². The number of aromatic nitrogens is 2. The highest BCUT2D eigenvalue weighted by Gasteiger charge is 2.47. The number of rotatable bonds is 7. The molecule has 1 fully saturated rings. The van der Waals surface area contributed by atoms with Gasteiger partial charge in [-0.25, -0.2) is 4.68 Å². The van der Waals surface area contributed by atoms with Gasteiger partial charge in [0.15, 0.2) is 17.5 Å². The molecule has 40 heavy (non-hydrogen) atoms. The van der Waals surface area contributed by atoms with E-state index >= 15 is 0 Å². The highest BCUT2D eigenvalue weighted by Crippen LogP contribution is 2.47. The number of ether oxygens (including phenoxy) is 3. The van der Waals surface area contributed by atoms with Crippen LogP contribution in [0.25, 0.3) is 0 Å². The lowest BCUT2D eigenvalue weighted by molar-refractivity contribution is -0.173. The predicted octanol–water partition coefficient (Wildman–Crippen LogP) is 4.53. The molecule has 214 valence electrons. The fourth-order valence-electron chi connectivity index (χ4n) is 5.36. The fraction of sp³-hybridized carbons (Fsp3) is 0.429. The molecule has 5 rings (SSSR count). The smallest absolute Gasteiger partial charge is 0.410 e. The summed E-state index contributed by atoms with van der Waals surface area (Å²) in [6.07, 6.45) is -3.68. The molecule has 1 aromatic heterocycles. The first-order valence-corrected chi connectivity index (χ1v) is 13.0. The molecule has 2 aliphatic heterocycles. The number of fused-ring (bicyclic) bond motifs is 1. The van der Waals surface area contributed by atoms with Crippen molar-refractivity contribution in [3.8, 4) is 17.2 Å². The van der Waals surface area contributed by atoms with E-state index in [4.69, 9.17) is 14.2 Å². The van der Waals surface area contributed by atoms with Crippen LogP contribution in [0.1, 0.15) is 40.0 Å². The Hall–Kier alpha value is -3.93. The Labute approximate surface area is 230 Å². The Morgan fingerprint density at radius 1 is 1.00 bits per heavy atom. The number of carbonyl (C=O) groups excluding carboxylic acids is 1. The summed E-state index contributed by atoms with van der Waals surface area (Å²) in [4.78, 5) is 17.5. The zero-order valence-corrected chi connectivity index (χ0v) is 22.6. The molecule has 0 spiro atoms. The molecule has 0 saturated carbocycles. The Morgan fingerprint density at radius 3 is 2.23 bits per heavy atom. The first kappa shape index (κ1) is 27.6. The lowest BCUT2D eigenvalue weighted by Crippen LogP contribution is -2.48. The summed E-state index contributed by atoms with van der Waals surface area (Å²) >= 11 is 0. The van der Waals surface area contributed by atoms with Gasteiger partial charge in [0.2, 0.25) is 5.75 Å². The van der Waals surface area contributed by atoms with Crippen LogP contribution in [0, 0.1) is 0 Å². The number of methoxy groups -OCH3 is 3. The summed E-state index contributed by atoms with van der Waals surface area (Å²) in [7, 11) is 4.34. The van der Waals surface area contributed by atoms with E-state index in [2.05, 4.69) is 27.4 Å². The van der Waals surface area contributed by atoms with E-state index in [1.165, 1.54) is 33.1 Å². The second-order valence-corrected chi connectivity index (χ2v) is 9.85. The second kappa shape index (κ2) is 11.3. The predicted molar refractivity (Wildman–Crippen MR) is 142 cm³/mol. The van der Waals surface area contributed by atoms with Crippen LogP contribution in [-0.4, -0.2) is 79.2 Å². The van der Waals surface area contributed by atoms with E-state index < -0.39 is 18.3 Å². The quantitative estimate of drug-likeness (QED) is 0.456. The molecule has 9 nitrogen and oxygen atoms in total. The van der Waals surface area contributed by atoms with Crippen LogP contribution in [0.3, 0.4) is 0 Å². The third-order valence-electron chi connectivity index (χ3n) is 7.47. The average molecular weight is 560 g/mol. The van der Waals surface area contributed by atoms with Gasteiger partial charge < -0.3 is 24.4 Å². The van der Waals surface area contributed by atoms with E-state index in [9.17, 15) is 18.0 Å². The van der Waals surface area contributed by atoms with Gasteiger partial charge in [-0.05, 0) is 23.3 Å². The van der Waals surface area contributed by atoms with Gasteiger partial charge in [0.25, 0.3) is 5.91 Å². The minimum absolute atomic E-state index is 0.0454. The maximum Gasteiger partial charge on any atom is 0.410 e. The Balaban J connectivity index is 1.39. The number of benzene rings is 2. The van der Waals surface area contributed by atoms with Crippen molar-refractivity contribution in [1.29, 1.82) is 0 Å². The molecular weight excluding hydrogens is 527 g/mol. The lowest BCUT2D eigenvalue weighted by Gasteiger charge is -2.36. The summed E-state index contributed by atoms with van der Waals surface area (Å²) < 4.78 is 59.8. The Bertz CT molecular complexity index is 1310. The van der Waals surface area contributed by atoms with E-state index in [1.807, 2.05) is 18.2 Å². The highest BCUT2D eigenvalue weighted by molar-refractivity contribution is 5.99. The van der Waals surface area contributed by atoms with Gasteiger partial charge in [-0.3, -0.25) is 9.69 Å². The Kier molecular flexibility index (Phi) is 7.79. The standard InChI is InChI=1S/C28H32F3N5O4/c1-38-22-13-19(14-23(39-2)25(22)40-3)21-15-24(28(29,30)31)36-26(33-21)20(16-32-36)27(37)35-11-9-34(10-12-35)17-18-7-5-4-6-8-18/h4-8,13-14,16,21,24,33H,9-12,15,17H2,1-3H3/t21-,24+/m1/s1. The SMILES string of the molecule is COc1cc([C@H]2C[C@@H](C(F)(F)F)n3ncc(C(=O)N4CCN(Cc5ccccc5)CC4)c3N2)cc(OC)c1OC. The lowest BCUT2D eigenvalue weighted by atomic mass is 9.95. The molecule has 0 bridgehead atoms. The zero-order chi connectivity index (χ0) is 28.4. The molecule has 0 aliphatic carbocycles. The second-order valence-electron chi connectivity index (χ2n) is 9.85. The topological polar surface area (TPSA) is 81.1 Å². The molecule has 3 heterocycles. The zero-order valence-electron chi connectivity index (χ0n) is 22.6. The third kappa shape index (κ3) is 5.40. The van der Waals surface area contributed by atoms with Crippen molar-refractivity contribution in [3.63, 3.8) is 0 Å². The highest BCUT2D eigenvalue weighted by atomic mass is 19.4. The van der Waals surface area contributed by atoms with Gasteiger partial charge in [-0.1, -0.05) is 30.3 Å². The van der Waals surface area contributed by atoms with Crippen LogP contribution in [0.4, 0.5) is 19.0 Å². The van der Waals surface area contributed by atoms with Gasteiger partial charge in [0, 0.05) is 39.1 Å². The van der Waals surface area contributed by atoms with E-state index in [-0.39, 0.29) is 23.7 Å². The third-order valence-corrected chi connectivity index (χ3v) is 7.47. The number of nitrogens with one attached hydrogen (secondary N) is 1. The van der Waals surface area contributed by atoms with Crippen LogP contribution in [0.2, 0.25) is 0 Å². The first-order chi connectivity index (χ1) is 19.2. The number of anilines is 1. The van der Waals surface area contributed by atoms with Crippen molar-refractivity contribution in [3.05, 3.63) is 65.4 Å². The summed E-state index contributed by atoms with van der Waals surface area (Å²) in [5.41, 5.74) is 1.81. The Morgan fingerprint density at radius 2 is 1.65 bits per heavy atom. The molecule has 1 N–H and O–H groups in total. The molecule has 12 heteroatoms. The maximum absolute atomic E-state index is 14.2. The van der Waals surface area contributed by atoms with Crippen molar-refractivity contribution in [2.75, 3.05) is 52.8 Å². The number of alkyl halides is 3. The molecular formula is C28H32F3N5O4. The molecule has 2 atom stereocenters. The van der Waals surface area contributed by atoms with Gasteiger partial charge in [-0.2, -0.15) is 18.3 Å². The van der Waals surface area contributed by atoms with Gasteiger partial charge in [-0.15, -0.1) is 0 Å². The van der Waals surface area contributed by atoms with Crippen LogP contribution in [-0.2, 0) is 6.54 Å². The largest absolute Gasteiger partial charge is 0.493 e. The molecule has 1 amide bonds. The normalized spacial score (nSPS) is 19.5. The molecule has 0 radical (unpaired) electrons. The monoisotopic (exact) mass is 559 g/mol. The van der Waals surface area contributed by atoms with Gasteiger partial charge in [0.1, 0.15) is 11.4 Å². The minimum Gasteiger partial charge on any atom is -0.493 e. The molecule has 0 unspecified atom stereocenters. The molecule has 2 aliphatic rings. The van der Waals surface area contributed by atoms with E-state index in [0.717, 1.165) is 11.2 Å². The number of nitrogens with zero attached hydrogens (tertiary/aromatic N) is 4. The minimum atomic E-state index is -4.58. The molecule has 3 aromatic rings. The summed E-state index contributed by atoms with van der Waals surface area (Å²) in [6, 6.07) is 10.6. The van der Waals surface area contributed by atoms with Crippen LogP contribution >= 0.6 is 0 Å². The first-order valence-electron chi connectivity index (χ1n) is 13.0. The van der Waals surface area contributed by atoms with Crippen LogP contribution < -0.4 is 19.5 Å². The molecule has 2 aromatic carbocycles. The van der Waals surface area contributed by atoms with Crippen molar-refractivity contribution < 1.29 is 32.2 Å². The summed E-state index contributed by atoms with van der Waals surface area (Å²) in [5.74, 6) is 0.685. The van der Waals surface area contributed by atoms with Gasteiger partial charge >= 0.3 is 6.18 Å². The van der Waals surface area contributed by atoms with E-state index in [1.54, 1.807) is 17.0 Å². The maximum atomic E-state index is 14.2. The number of piperazine rings is 1. The number of hydrogen-bond acceptors (Lipinski definition) is 7. The number of hydrogen-bond donors (Lipinski definition) is 1.